The van der Waals surface area contributed by atoms with Crippen molar-refractivity contribution in [2.24, 2.45) is 7.05 Å². The van der Waals surface area contributed by atoms with Gasteiger partial charge in [-0.05, 0) is 57.3 Å². The van der Waals surface area contributed by atoms with Crippen molar-refractivity contribution in [2.45, 2.75) is 51.7 Å². The molecule has 1 atom stereocenters. The molecule has 24 heavy (non-hydrogen) atoms. The van der Waals surface area contributed by atoms with Crippen LogP contribution in [0.25, 0.3) is 11.0 Å². The monoisotopic (exact) mass is 327 g/mol. The second kappa shape index (κ2) is 5.83. The minimum absolute atomic E-state index is 0.166. The molecule has 0 fully saturated rings. The van der Waals surface area contributed by atoms with E-state index in [-0.39, 0.29) is 12.1 Å². The molecular formula is C18H26BN3O2. The lowest BCUT2D eigenvalue weighted by Crippen LogP contribution is -2.43. The van der Waals surface area contributed by atoms with Gasteiger partial charge in [0.25, 0.3) is 0 Å². The van der Waals surface area contributed by atoms with Gasteiger partial charge in [-0.15, -0.1) is 0 Å². The number of likely N-dealkylation sites (N-methyl/N-ethyl adjacent to an activating group) is 1. The minimum atomic E-state index is -0.466. The fourth-order valence-corrected chi connectivity index (χ4v) is 3.52. The lowest BCUT2D eigenvalue weighted by Gasteiger charge is -2.33. The van der Waals surface area contributed by atoms with E-state index < -0.39 is 5.60 Å². The molecule has 2 aromatic rings. The molecule has 0 bridgehead atoms. The standard InChI is InChI=1S/C18H26BN3O2/c1-18(2,3)24-17(23)21(4)11-6-8-14-13(10-11)12-7-9-15(19)20-16(12)22(14)5/h7,9,11H,6,8,10,19H2,1-5H3. The van der Waals surface area contributed by atoms with Gasteiger partial charge in [-0.3, -0.25) is 0 Å². The summed E-state index contributed by atoms with van der Waals surface area (Å²) < 4.78 is 7.73. The summed E-state index contributed by atoms with van der Waals surface area (Å²) in [5.41, 5.74) is 4.28. The predicted octanol–water partition coefficient (Wildman–Crippen LogP) is 1.56. The molecule has 2 aromatic heterocycles. The predicted molar refractivity (Wildman–Crippen MR) is 98.7 cm³/mol. The highest BCUT2D eigenvalue weighted by Crippen LogP contribution is 2.32. The second-order valence-corrected chi connectivity index (χ2v) is 7.80. The van der Waals surface area contributed by atoms with Crippen LogP contribution in [0.3, 0.4) is 0 Å². The molecule has 1 aliphatic carbocycles. The van der Waals surface area contributed by atoms with Gasteiger partial charge in [0.1, 0.15) is 11.2 Å². The topological polar surface area (TPSA) is 47.4 Å². The van der Waals surface area contributed by atoms with Gasteiger partial charge in [0.15, 0.2) is 7.85 Å². The van der Waals surface area contributed by atoms with E-state index >= 15 is 0 Å². The summed E-state index contributed by atoms with van der Waals surface area (Å²) in [7, 11) is 5.95. The number of pyridine rings is 1. The average Bonchev–Trinajstić information content (AvgIpc) is 2.77. The van der Waals surface area contributed by atoms with Crippen molar-refractivity contribution in [1.29, 1.82) is 0 Å². The van der Waals surface area contributed by atoms with Gasteiger partial charge >= 0.3 is 6.09 Å². The van der Waals surface area contributed by atoms with Gasteiger partial charge in [0, 0.05) is 31.2 Å². The van der Waals surface area contributed by atoms with Gasteiger partial charge in [-0.25, -0.2) is 9.78 Å². The number of hydrogen-bond donors (Lipinski definition) is 0. The van der Waals surface area contributed by atoms with Crippen LogP contribution in [0.4, 0.5) is 4.79 Å². The highest BCUT2D eigenvalue weighted by atomic mass is 16.6. The number of carbonyl (C=O) groups excluding carboxylic acids is 1. The smallest absolute Gasteiger partial charge is 0.410 e. The zero-order valence-corrected chi connectivity index (χ0v) is 15.5. The summed E-state index contributed by atoms with van der Waals surface area (Å²) in [6.45, 7) is 5.70. The van der Waals surface area contributed by atoms with Gasteiger partial charge < -0.3 is 14.2 Å². The molecule has 128 valence electrons. The van der Waals surface area contributed by atoms with E-state index in [2.05, 4.69) is 23.7 Å². The molecule has 6 heteroatoms. The van der Waals surface area contributed by atoms with Crippen LogP contribution in [-0.2, 0) is 24.6 Å². The maximum absolute atomic E-state index is 12.4. The average molecular weight is 327 g/mol. The number of amides is 1. The van der Waals surface area contributed by atoms with Gasteiger partial charge in [0.2, 0.25) is 0 Å². The van der Waals surface area contributed by atoms with Crippen LogP contribution >= 0.6 is 0 Å². The summed E-state index contributed by atoms with van der Waals surface area (Å²) in [5.74, 6) is 0. The number of nitrogens with zero attached hydrogens (tertiary/aromatic N) is 3. The largest absolute Gasteiger partial charge is 0.444 e. The van der Waals surface area contributed by atoms with Crippen LogP contribution in [0.5, 0.6) is 0 Å². The van der Waals surface area contributed by atoms with Crippen molar-refractivity contribution < 1.29 is 9.53 Å². The first-order chi connectivity index (χ1) is 11.2. The van der Waals surface area contributed by atoms with Crippen LogP contribution in [-0.4, -0.2) is 47.1 Å². The third kappa shape index (κ3) is 3.02. The Labute approximate surface area is 144 Å². The van der Waals surface area contributed by atoms with Crippen LogP contribution < -0.4 is 5.59 Å². The molecule has 3 rings (SSSR count). The lowest BCUT2D eigenvalue weighted by atomic mass is 9.90. The number of hydrogen-bond acceptors (Lipinski definition) is 3. The summed E-state index contributed by atoms with van der Waals surface area (Å²) in [6, 6.07) is 4.38. The molecule has 1 unspecified atom stereocenters. The number of ether oxygens (including phenoxy) is 1. The van der Waals surface area contributed by atoms with Crippen LogP contribution in [0, 0.1) is 0 Å². The number of aromatic nitrogens is 2. The Bertz CT molecular complexity index is 792. The first kappa shape index (κ1) is 16.9. The van der Waals surface area contributed by atoms with E-state index in [1.807, 2.05) is 35.7 Å². The Hall–Kier alpha value is -1.98. The quantitative estimate of drug-likeness (QED) is 0.747. The zero-order valence-electron chi connectivity index (χ0n) is 15.5. The molecule has 0 spiro atoms. The van der Waals surface area contributed by atoms with Crippen LogP contribution in [0.1, 0.15) is 38.4 Å². The van der Waals surface area contributed by atoms with Crippen LogP contribution in [0.15, 0.2) is 12.1 Å². The normalized spacial score (nSPS) is 17.6. The molecule has 0 N–H and O–H groups in total. The molecule has 0 saturated carbocycles. The van der Waals surface area contributed by atoms with Gasteiger partial charge in [-0.2, -0.15) is 0 Å². The first-order valence-electron chi connectivity index (χ1n) is 8.57. The van der Waals surface area contributed by atoms with E-state index in [1.54, 1.807) is 4.90 Å². The second-order valence-electron chi connectivity index (χ2n) is 7.80. The summed E-state index contributed by atoms with van der Waals surface area (Å²) >= 11 is 0. The summed E-state index contributed by atoms with van der Waals surface area (Å²) in [6.07, 6.45) is 2.52. The van der Waals surface area contributed by atoms with Crippen molar-refractivity contribution in [3.05, 3.63) is 23.4 Å². The Morgan fingerprint density at radius 2 is 2.12 bits per heavy atom. The van der Waals surface area contributed by atoms with E-state index in [0.29, 0.717) is 0 Å². The SMILES string of the molecule is Bc1ccc2c3c(n(C)c2n1)CCC(N(C)C(=O)OC(C)(C)C)C3. The van der Waals surface area contributed by atoms with Gasteiger partial charge in [-0.1, -0.05) is 6.07 Å². The molecule has 5 nitrogen and oxygen atoms in total. The van der Waals surface area contributed by atoms with Crippen molar-refractivity contribution in [1.82, 2.24) is 14.5 Å². The van der Waals surface area contributed by atoms with E-state index in [9.17, 15) is 4.79 Å². The Morgan fingerprint density at radius 1 is 1.42 bits per heavy atom. The van der Waals surface area contributed by atoms with Crippen molar-refractivity contribution >= 4 is 30.6 Å². The first-order valence-corrected chi connectivity index (χ1v) is 8.57. The minimum Gasteiger partial charge on any atom is -0.444 e. The highest BCUT2D eigenvalue weighted by Gasteiger charge is 2.31. The molecular weight excluding hydrogens is 301 g/mol. The van der Waals surface area contributed by atoms with Gasteiger partial charge in [0.05, 0.1) is 0 Å². The van der Waals surface area contributed by atoms with Crippen LogP contribution in [0.2, 0.25) is 0 Å². The number of rotatable bonds is 1. The molecule has 1 amide bonds. The van der Waals surface area contributed by atoms with E-state index in [0.717, 1.165) is 30.5 Å². The Morgan fingerprint density at radius 3 is 2.79 bits per heavy atom. The number of carbonyl (C=O) groups is 1. The molecule has 2 heterocycles. The van der Waals surface area contributed by atoms with Crippen molar-refractivity contribution in [3.8, 4) is 0 Å². The molecule has 1 aliphatic rings. The third-order valence-electron chi connectivity index (χ3n) is 4.79. The van der Waals surface area contributed by atoms with E-state index in [1.165, 1.54) is 16.6 Å². The summed E-state index contributed by atoms with van der Waals surface area (Å²) in [5, 5.41) is 1.21. The molecule has 0 aromatic carbocycles. The maximum atomic E-state index is 12.4. The fourth-order valence-electron chi connectivity index (χ4n) is 3.52. The Kier molecular flexibility index (Phi) is 4.10. The number of aryl methyl sites for hydroxylation is 1. The number of fused-ring (bicyclic) bond motifs is 3. The van der Waals surface area contributed by atoms with Crippen molar-refractivity contribution in [3.63, 3.8) is 0 Å². The fraction of sp³-hybridized carbons (Fsp3) is 0.556. The molecule has 0 radical (unpaired) electrons. The van der Waals surface area contributed by atoms with Crippen molar-refractivity contribution in [2.75, 3.05) is 7.05 Å². The van der Waals surface area contributed by atoms with E-state index in [4.69, 9.17) is 9.72 Å². The molecule has 0 aliphatic heterocycles. The maximum Gasteiger partial charge on any atom is 0.410 e. The third-order valence-corrected chi connectivity index (χ3v) is 4.79. The lowest BCUT2D eigenvalue weighted by molar-refractivity contribution is 0.0210. The highest BCUT2D eigenvalue weighted by molar-refractivity contribution is 6.31. The zero-order chi connectivity index (χ0) is 17.6. The molecule has 0 saturated heterocycles. The Balaban J connectivity index is 1.88. The summed E-state index contributed by atoms with van der Waals surface area (Å²) in [4.78, 5) is 18.8.